The van der Waals surface area contributed by atoms with Crippen LogP contribution in [0.5, 0.6) is 5.75 Å². The van der Waals surface area contributed by atoms with Crippen LogP contribution in [0.15, 0.2) is 48.5 Å². The number of nitrogens with one attached hydrogen (secondary N) is 1. The third kappa shape index (κ3) is 3.70. The fourth-order valence-electron chi connectivity index (χ4n) is 3.76. The lowest BCUT2D eigenvalue weighted by Crippen LogP contribution is -3.13. The highest BCUT2D eigenvalue weighted by molar-refractivity contribution is 7.21. The number of benzene rings is 2. The third-order valence-corrected chi connectivity index (χ3v) is 6.67. The number of nitrogens with zero attached hydrogens (tertiary/aromatic N) is 1. The SMILES string of the molecule is COc1ccc(C[NH+]2CCN(C(=O)c3sc4ccccc4c3C)CC2)cc1. The zero-order chi connectivity index (χ0) is 18.8. The van der Waals surface area contributed by atoms with Crippen LogP contribution in [0.1, 0.15) is 20.8 Å². The molecule has 0 unspecified atom stereocenters. The van der Waals surface area contributed by atoms with Crippen LogP contribution >= 0.6 is 11.3 Å². The lowest BCUT2D eigenvalue weighted by molar-refractivity contribution is -0.917. The number of rotatable bonds is 4. The van der Waals surface area contributed by atoms with Gasteiger partial charge in [0.05, 0.1) is 38.2 Å². The first-order valence-electron chi connectivity index (χ1n) is 9.39. The summed E-state index contributed by atoms with van der Waals surface area (Å²) in [6.45, 7) is 6.67. The monoisotopic (exact) mass is 381 g/mol. The molecule has 1 saturated heterocycles. The number of hydrogen-bond donors (Lipinski definition) is 1. The van der Waals surface area contributed by atoms with Crippen LogP contribution in [0.3, 0.4) is 0 Å². The van der Waals surface area contributed by atoms with E-state index in [2.05, 4.69) is 31.2 Å². The largest absolute Gasteiger partial charge is 0.497 e. The van der Waals surface area contributed by atoms with Crippen molar-refractivity contribution in [3.8, 4) is 5.75 Å². The van der Waals surface area contributed by atoms with Crippen LogP contribution in [0.2, 0.25) is 0 Å². The standard InChI is InChI=1S/C22H24N2O2S/c1-16-19-5-3-4-6-20(19)27-21(16)22(25)24-13-11-23(12-14-24)15-17-7-9-18(26-2)10-8-17/h3-10H,11-15H2,1-2H3/p+1. The number of piperazine rings is 1. The maximum atomic E-state index is 13.0. The summed E-state index contributed by atoms with van der Waals surface area (Å²) in [6.07, 6.45) is 0. The molecule has 1 fully saturated rings. The van der Waals surface area contributed by atoms with E-state index in [9.17, 15) is 4.79 Å². The lowest BCUT2D eigenvalue weighted by atomic mass is 10.1. The second-order valence-corrected chi connectivity index (χ2v) is 8.17. The number of carbonyl (C=O) groups is 1. The van der Waals surface area contributed by atoms with E-state index < -0.39 is 0 Å². The quantitative estimate of drug-likeness (QED) is 0.754. The predicted octanol–water partition coefficient (Wildman–Crippen LogP) is 2.76. The molecule has 0 saturated carbocycles. The number of methoxy groups -OCH3 is 1. The number of ether oxygens (including phenoxy) is 1. The van der Waals surface area contributed by atoms with Gasteiger partial charge in [0.2, 0.25) is 0 Å². The predicted molar refractivity (Wildman–Crippen MR) is 110 cm³/mol. The fourth-order valence-corrected chi connectivity index (χ4v) is 4.93. The van der Waals surface area contributed by atoms with E-state index in [0.29, 0.717) is 0 Å². The van der Waals surface area contributed by atoms with Gasteiger partial charge in [0.15, 0.2) is 0 Å². The molecule has 4 rings (SSSR count). The minimum atomic E-state index is 0.192. The van der Waals surface area contributed by atoms with E-state index in [1.54, 1.807) is 18.4 Å². The number of hydrogen-bond acceptors (Lipinski definition) is 3. The Morgan fingerprint density at radius 3 is 2.48 bits per heavy atom. The minimum Gasteiger partial charge on any atom is -0.497 e. The van der Waals surface area contributed by atoms with E-state index in [0.717, 1.165) is 48.9 Å². The Hall–Kier alpha value is -2.37. The average molecular weight is 382 g/mol. The highest BCUT2D eigenvalue weighted by Gasteiger charge is 2.27. The zero-order valence-electron chi connectivity index (χ0n) is 15.8. The van der Waals surface area contributed by atoms with Crippen molar-refractivity contribution < 1.29 is 14.4 Å². The molecule has 0 aliphatic carbocycles. The summed E-state index contributed by atoms with van der Waals surface area (Å²) in [5, 5.41) is 1.20. The summed E-state index contributed by atoms with van der Waals surface area (Å²) < 4.78 is 6.42. The van der Waals surface area contributed by atoms with Gasteiger partial charge in [0, 0.05) is 10.3 Å². The van der Waals surface area contributed by atoms with Gasteiger partial charge in [-0.3, -0.25) is 4.79 Å². The van der Waals surface area contributed by atoms with Crippen molar-refractivity contribution in [2.75, 3.05) is 33.3 Å². The van der Waals surface area contributed by atoms with Gasteiger partial charge in [-0.1, -0.05) is 18.2 Å². The van der Waals surface area contributed by atoms with Gasteiger partial charge in [0.1, 0.15) is 12.3 Å². The highest BCUT2D eigenvalue weighted by atomic mass is 32.1. The van der Waals surface area contributed by atoms with Crippen LogP contribution in [0.4, 0.5) is 0 Å². The van der Waals surface area contributed by atoms with Gasteiger partial charge in [-0.15, -0.1) is 11.3 Å². The number of amides is 1. The molecular formula is C22H25N2O2S+. The molecule has 0 atom stereocenters. The van der Waals surface area contributed by atoms with Crippen LogP contribution in [0.25, 0.3) is 10.1 Å². The molecule has 0 spiro atoms. The van der Waals surface area contributed by atoms with Crippen molar-refractivity contribution >= 4 is 27.3 Å². The Labute approximate surface area is 164 Å². The molecule has 1 amide bonds. The number of quaternary nitrogens is 1. The number of carbonyl (C=O) groups excluding carboxylic acids is 1. The Morgan fingerprint density at radius 1 is 1.11 bits per heavy atom. The second kappa shape index (κ2) is 7.71. The summed E-state index contributed by atoms with van der Waals surface area (Å²) >= 11 is 1.62. The Kier molecular flexibility index (Phi) is 5.14. The fraction of sp³-hybridized carbons (Fsp3) is 0.318. The zero-order valence-corrected chi connectivity index (χ0v) is 16.6. The summed E-state index contributed by atoms with van der Waals surface area (Å²) in [5.74, 6) is 1.08. The molecule has 2 heterocycles. The maximum absolute atomic E-state index is 13.0. The molecular weight excluding hydrogens is 356 g/mol. The van der Waals surface area contributed by atoms with Gasteiger partial charge in [-0.05, 0) is 48.2 Å². The van der Waals surface area contributed by atoms with Crippen molar-refractivity contribution in [3.63, 3.8) is 0 Å². The van der Waals surface area contributed by atoms with E-state index in [1.165, 1.54) is 20.5 Å². The first kappa shape index (κ1) is 18.0. The maximum Gasteiger partial charge on any atom is 0.264 e. The Bertz CT molecular complexity index is 941. The minimum absolute atomic E-state index is 0.192. The van der Waals surface area contributed by atoms with Gasteiger partial charge in [0.25, 0.3) is 5.91 Å². The van der Waals surface area contributed by atoms with E-state index in [4.69, 9.17) is 4.74 Å². The van der Waals surface area contributed by atoms with Crippen molar-refractivity contribution in [1.82, 2.24) is 4.90 Å². The topological polar surface area (TPSA) is 34.0 Å². The van der Waals surface area contributed by atoms with Crippen LogP contribution < -0.4 is 9.64 Å². The molecule has 5 heteroatoms. The van der Waals surface area contributed by atoms with Gasteiger partial charge >= 0.3 is 0 Å². The van der Waals surface area contributed by atoms with E-state index in [1.807, 2.05) is 29.2 Å². The van der Waals surface area contributed by atoms with Crippen molar-refractivity contribution in [1.29, 1.82) is 0 Å². The van der Waals surface area contributed by atoms with Gasteiger partial charge in [-0.25, -0.2) is 0 Å². The normalized spacial score (nSPS) is 15.3. The van der Waals surface area contributed by atoms with Crippen molar-refractivity contribution in [3.05, 3.63) is 64.5 Å². The molecule has 4 nitrogen and oxygen atoms in total. The average Bonchev–Trinajstić information content (AvgIpc) is 3.05. The number of thiophene rings is 1. The molecule has 140 valence electrons. The molecule has 0 radical (unpaired) electrons. The van der Waals surface area contributed by atoms with E-state index in [-0.39, 0.29) is 5.91 Å². The van der Waals surface area contributed by atoms with Crippen LogP contribution in [-0.4, -0.2) is 44.1 Å². The summed E-state index contributed by atoms with van der Waals surface area (Å²) in [6, 6.07) is 16.6. The first-order chi connectivity index (χ1) is 13.2. The second-order valence-electron chi connectivity index (χ2n) is 7.12. The number of aryl methyl sites for hydroxylation is 1. The summed E-state index contributed by atoms with van der Waals surface area (Å²) in [5.41, 5.74) is 2.43. The Balaban J connectivity index is 1.39. The molecule has 0 bridgehead atoms. The Morgan fingerprint density at radius 2 is 1.81 bits per heavy atom. The summed E-state index contributed by atoms with van der Waals surface area (Å²) in [4.78, 5) is 17.5. The first-order valence-corrected chi connectivity index (χ1v) is 10.2. The molecule has 1 aliphatic rings. The summed E-state index contributed by atoms with van der Waals surface area (Å²) in [7, 11) is 1.69. The van der Waals surface area contributed by atoms with Crippen LogP contribution in [-0.2, 0) is 6.54 Å². The molecule has 1 N–H and O–H groups in total. The number of fused-ring (bicyclic) bond motifs is 1. The van der Waals surface area contributed by atoms with Crippen molar-refractivity contribution in [2.45, 2.75) is 13.5 Å². The molecule has 1 aromatic heterocycles. The molecule has 1 aliphatic heterocycles. The van der Waals surface area contributed by atoms with Gasteiger partial charge in [-0.2, -0.15) is 0 Å². The third-order valence-electron chi connectivity index (χ3n) is 5.41. The van der Waals surface area contributed by atoms with Crippen molar-refractivity contribution in [2.24, 2.45) is 0 Å². The highest BCUT2D eigenvalue weighted by Crippen LogP contribution is 2.31. The smallest absolute Gasteiger partial charge is 0.264 e. The van der Waals surface area contributed by atoms with Crippen LogP contribution in [0, 0.1) is 6.92 Å². The lowest BCUT2D eigenvalue weighted by Gasteiger charge is -2.32. The molecule has 2 aromatic carbocycles. The molecule has 27 heavy (non-hydrogen) atoms. The van der Waals surface area contributed by atoms with Gasteiger partial charge < -0.3 is 14.5 Å². The molecule has 3 aromatic rings. The van der Waals surface area contributed by atoms with E-state index >= 15 is 0 Å².